The zero-order chi connectivity index (χ0) is 14.0. The van der Waals surface area contributed by atoms with Crippen molar-refractivity contribution >= 4 is 0 Å². The Bertz CT molecular complexity index is 407. The summed E-state index contributed by atoms with van der Waals surface area (Å²) in [5.41, 5.74) is 4.28. The summed E-state index contributed by atoms with van der Waals surface area (Å²) in [7, 11) is 0. The van der Waals surface area contributed by atoms with E-state index in [4.69, 9.17) is 0 Å². The summed E-state index contributed by atoms with van der Waals surface area (Å²) in [6, 6.07) is 7.99. The first-order valence-corrected chi connectivity index (χ1v) is 6.62. The van der Waals surface area contributed by atoms with E-state index in [1.165, 1.54) is 0 Å². The molecule has 2 aromatic heterocycles. The molecule has 0 atom stereocenters. The summed E-state index contributed by atoms with van der Waals surface area (Å²) in [6.07, 6.45) is 3.60. The lowest BCUT2D eigenvalue weighted by atomic mass is 10.1. The molecule has 0 fully saturated rings. The Labute approximate surface area is 111 Å². The van der Waals surface area contributed by atoms with E-state index in [0.29, 0.717) is 0 Å². The number of hydrogen-bond donors (Lipinski definition) is 0. The van der Waals surface area contributed by atoms with E-state index in [9.17, 15) is 0 Å². The van der Waals surface area contributed by atoms with Crippen molar-refractivity contribution in [2.45, 2.75) is 41.5 Å². The minimum Gasteiger partial charge on any atom is -0.254 e. The molecule has 0 N–H and O–H groups in total. The first-order valence-electron chi connectivity index (χ1n) is 6.62. The van der Waals surface area contributed by atoms with Crippen LogP contribution in [0.3, 0.4) is 0 Å². The molecule has 2 aromatic rings. The van der Waals surface area contributed by atoms with Crippen molar-refractivity contribution in [3.63, 3.8) is 0 Å². The Kier molecular flexibility index (Phi) is 8.46. The second-order valence-electron chi connectivity index (χ2n) is 3.34. The van der Waals surface area contributed by atoms with Crippen LogP contribution in [-0.2, 0) is 0 Å². The van der Waals surface area contributed by atoms with Crippen molar-refractivity contribution in [1.82, 2.24) is 9.97 Å². The number of rotatable bonds is 1. The van der Waals surface area contributed by atoms with Crippen LogP contribution in [0, 0.1) is 13.8 Å². The van der Waals surface area contributed by atoms with Gasteiger partial charge >= 0.3 is 0 Å². The van der Waals surface area contributed by atoms with Crippen molar-refractivity contribution in [1.29, 1.82) is 0 Å². The molecule has 2 heteroatoms. The van der Waals surface area contributed by atoms with Crippen LogP contribution >= 0.6 is 0 Å². The van der Waals surface area contributed by atoms with Crippen molar-refractivity contribution in [2.24, 2.45) is 0 Å². The van der Waals surface area contributed by atoms with E-state index in [1.807, 2.05) is 39.8 Å². The first kappa shape index (κ1) is 16.3. The van der Waals surface area contributed by atoms with E-state index in [0.717, 1.165) is 22.5 Å². The predicted octanol–water partition coefficient (Wildman–Crippen LogP) is 4.81. The van der Waals surface area contributed by atoms with Crippen molar-refractivity contribution < 1.29 is 0 Å². The van der Waals surface area contributed by atoms with Gasteiger partial charge in [-0.05, 0) is 37.1 Å². The highest BCUT2D eigenvalue weighted by molar-refractivity contribution is 5.61. The van der Waals surface area contributed by atoms with Crippen LogP contribution in [0.25, 0.3) is 11.4 Å². The fraction of sp³-hybridized carbons (Fsp3) is 0.375. The highest BCUT2D eigenvalue weighted by atomic mass is 14.8. The van der Waals surface area contributed by atoms with Gasteiger partial charge in [-0.1, -0.05) is 39.8 Å². The first-order chi connectivity index (χ1) is 8.79. The zero-order valence-corrected chi connectivity index (χ0v) is 12.4. The minimum atomic E-state index is 0.977. The Morgan fingerprint density at radius 3 is 1.28 bits per heavy atom. The van der Waals surface area contributed by atoms with Crippen LogP contribution in [0.5, 0.6) is 0 Å². The van der Waals surface area contributed by atoms with Crippen molar-refractivity contribution in [2.75, 3.05) is 0 Å². The van der Waals surface area contributed by atoms with Gasteiger partial charge in [0.05, 0.1) is 11.4 Å². The summed E-state index contributed by atoms with van der Waals surface area (Å²) in [4.78, 5) is 8.69. The summed E-state index contributed by atoms with van der Waals surface area (Å²) < 4.78 is 0. The molecular weight excluding hydrogens is 220 g/mol. The van der Waals surface area contributed by atoms with Gasteiger partial charge in [0.1, 0.15) is 0 Å². The van der Waals surface area contributed by atoms with Crippen LogP contribution in [0.2, 0.25) is 0 Å². The van der Waals surface area contributed by atoms with Gasteiger partial charge in [-0.25, -0.2) is 0 Å². The third-order valence-electron chi connectivity index (χ3n) is 2.24. The van der Waals surface area contributed by atoms with Gasteiger partial charge in [-0.15, -0.1) is 0 Å². The van der Waals surface area contributed by atoms with Gasteiger partial charge in [0, 0.05) is 12.4 Å². The third kappa shape index (κ3) is 4.28. The molecule has 0 bridgehead atoms. The summed E-state index contributed by atoms with van der Waals surface area (Å²) in [5, 5.41) is 0. The Morgan fingerprint density at radius 1 is 0.667 bits per heavy atom. The maximum Gasteiger partial charge on any atom is 0.0917 e. The molecule has 0 amide bonds. The number of aromatic nitrogens is 2. The Balaban J connectivity index is 0.000000659. The second kappa shape index (κ2) is 9.34. The van der Waals surface area contributed by atoms with Crippen LogP contribution in [-0.4, -0.2) is 9.97 Å². The average Bonchev–Trinajstić information content (AvgIpc) is 2.45. The molecule has 0 aliphatic rings. The molecular formula is C16H24N2. The lowest BCUT2D eigenvalue weighted by Crippen LogP contribution is -1.92. The van der Waals surface area contributed by atoms with Gasteiger partial charge in [0.15, 0.2) is 0 Å². The van der Waals surface area contributed by atoms with Crippen LogP contribution < -0.4 is 0 Å². The van der Waals surface area contributed by atoms with E-state index < -0.39 is 0 Å². The molecule has 0 saturated carbocycles. The smallest absolute Gasteiger partial charge is 0.0917 e. The van der Waals surface area contributed by atoms with Crippen molar-refractivity contribution in [3.05, 3.63) is 47.8 Å². The molecule has 0 spiro atoms. The van der Waals surface area contributed by atoms with Gasteiger partial charge in [0.25, 0.3) is 0 Å². The third-order valence-corrected chi connectivity index (χ3v) is 2.24. The van der Waals surface area contributed by atoms with Crippen LogP contribution in [0.4, 0.5) is 0 Å². The minimum absolute atomic E-state index is 0.977. The van der Waals surface area contributed by atoms with E-state index in [-0.39, 0.29) is 0 Å². The summed E-state index contributed by atoms with van der Waals surface area (Å²) >= 11 is 0. The van der Waals surface area contributed by atoms with Crippen LogP contribution in [0.15, 0.2) is 36.7 Å². The second-order valence-corrected chi connectivity index (χ2v) is 3.34. The Morgan fingerprint density at radius 2 is 1.00 bits per heavy atom. The number of pyridine rings is 2. The number of nitrogens with zero attached hydrogens (tertiary/aromatic N) is 2. The molecule has 0 aliphatic carbocycles. The van der Waals surface area contributed by atoms with Gasteiger partial charge in [0.2, 0.25) is 0 Å². The summed E-state index contributed by atoms with van der Waals surface area (Å²) in [5.74, 6) is 0. The molecule has 2 nitrogen and oxygen atoms in total. The average molecular weight is 244 g/mol. The molecule has 2 heterocycles. The van der Waals surface area contributed by atoms with E-state index >= 15 is 0 Å². The molecule has 98 valence electrons. The molecule has 2 rings (SSSR count). The highest BCUT2D eigenvalue weighted by Crippen LogP contribution is 2.20. The maximum absolute atomic E-state index is 4.35. The topological polar surface area (TPSA) is 25.8 Å². The predicted molar refractivity (Wildman–Crippen MR) is 79.6 cm³/mol. The molecule has 0 radical (unpaired) electrons. The van der Waals surface area contributed by atoms with E-state index in [1.54, 1.807) is 12.4 Å². The quantitative estimate of drug-likeness (QED) is 0.719. The standard InChI is InChI=1S/C12H12N2.2C2H6/c1-9-5-3-7-13-11(9)12-10(2)6-4-8-14-12;2*1-2/h3-8H,1-2H3;2*1-2H3. The highest BCUT2D eigenvalue weighted by Gasteiger charge is 2.05. The monoisotopic (exact) mass is 244 g/mol. The fourth-order valence-corrected chi connectivity index (χ4v) is 1.47. The normalized spacial score (nSPS) is 8.56. The van der Waals surface area contributed by atoms with Gasteiger partial charge in [-0.3, -0.25) is 9.97 Å². The maximum atomic E-state index is 4.35. The van der Waals surface area contributed by atoms with Gasteiger partial charge in [-0.2, -0.15) is 0 Å². The fourth-order valence-electron chi connectivity index (χ4n) is 1.47. The summed E-state index contributed by atoms with van der Waals surface area (Å²) in [6.45, 7) is 12.1. The van der Waals surface area contributed by atoms with Gasteiger partial charge < -0.3 is 0 Å². The Hall–Kier alpha value is -1.70. The molecule has 0 aliphatic heterocycles. The van der Waals surface area contributed by atoms with Crippen molar-refractivity contribution in [3.8, 4) is 11.4 Å². The number of aryl methyl sites for hydroxylation is 2. The lowest BCUT2D eigenvalue weighted by molar-refractivity contribution is 1.19. The zero-order valence-electron chi connectivity index (χ0n) is 12.4. The van der Waals surface area contributed by atoms with E-state index in [2.05, 4.69) is 35.9 Å². The SMILES string of the molecule is CC.CC.Cc1cccnc1-c1ncccc1C. The molecule has 0 saturated heterocycles. The molecule has 0 unspecified atom stereocenters. The van der Waals surface area contributed by atoms with Crippen LogP contribution in [0.1, 0.15) is 38.8 Å². The molecule has 0 aromatic carbocycles. The largest absolute Gasteiger partial charge is 0.254 e. The number of hydrogen-bond acceptors (Lipinski definition) is 2. The molecule has 18 heavy (non-hydrogen) atoms. The lowest BCUT2D eigenvalue weighted by Gasteiger charge is -2.05.